The molecule has 0 aliphatic rings. The van der Waals surface area contributed by atoms with Gasteiger partial charge in [-0.3, -0.25) is 9.59 Å². The highest BCUT2D eigenvalue weighted by Crippen LogP contribution is 2.23. The average molecular weight is 348 g/mol. The van der Waals surface area contributed by atoms with Crippen LogP contribution >= 0.6 is 0 Å². The van der Waals surface area contributed by atoms with E-state index in [9.17, 15) is 9.59 Å². The summed E-state index contributed by atoms with van der Waals surface area (Å²) in [6.45, 7) is 4.48. The van der Waals surface area contributed by atoms with Crippen LogP contribution in [0.3, 0.4) is 0 Å². The van der Waals surface area contributed by atoms with Crippen LogP contribution in [-0.4, -0.2) is 25.0 Å². The SMILES string of the molecule is Cc1ccc(-c2c(NCCCN(C)Cc3ccccc3)c(=O)c2=O)cc1. The molecule has 4 nitrogen and oxygen atoms in total. The highest BCUT2D eigenvalue weighted by atomic mass is 16.2. The minimum absolute atomic E-state index is 0.391. The van der Waals surface area contributed by atoms with Crippen molar-refractivity contribution in [3.8, 4) is 11.1 Å². The maximum Gasteiger partial charge on any atom is 0.250 e. The fourth-order valence-corrected chi connectivity index (χ4v) is 3.09. The van der Waals surface area contributed by atoms with Crippen molar-refractivity contribution in [3.63, 3.8) is 0 Å². The van der Waals surface area contributed by atoms with Gasteiger partial charge in [-0.15, -0.1) is 0 Å². The molecule has 0 unspecified atom stereocenters. The molecule has 0 aromatic heterocycles. The van der Waals surface area contributed by atoms with Gasteiger partial charge in [-0.05, 0) is 38.1 Å². The van der Waals surface area contributed by atoms with E-state index in [1.807, 2.05) is 49.4 Å². The van der Waals surface area contributed by atoms with Crippen molar-refractivity contribution < 1.29 is 0 Å². The maximum absolute atomic E-state index is 11.9. The van der Waals surface area contributed by atoms with Crippen molar-refractivity contribution in [2.45, 2.75) is 19.9 Å². The first-order chi connectivity index (χ1) is 12.6. The topological polar surface area (TPSA) is 49.4 Å². The summed E-state index contributed by atoms with van der Waals surface area (Å²) in [5.74, 6) is 0. The van der Waals surface area contributed by atoms with E-state index in [2.05, 4.69) is 29.4 Å². The standard InChI is InChI=1S/C22H24N2O2/c1-16-9-11-18(12-10-16)19-20(22(26)21(19)25)23-13-6-14-24(2)15-17-7-4-3-5-8-17/h3-5,7-12,23H,6,13-15H2,1-2H3. The second-order valence-electron chi connectivity index (χ2n) is 6.78. The number of benzene rings is 2. The van der Waals surface area contributed by atoms with Crippen molar-refractivity contribution in [1.29, 1.82) is 0 Å². The molecule has 134 valence electrons. The van der Waals surface area contributed by atoms with Gasteiger partial charge in [0.15, 0.2) is 0 Å². The van der Waals surface area contributed by atoms with Crippen LogP contribution < -0.4 is 16.2 Å². The lowest BCUT2D eigenvalue weighted by atomic mass is 9.97. The third-order valence-corrected chi connectivity index (χ3v) is 4.56. The van der Waals surface area contributed by atoms with Gasteiger partial charge in [-0.1, -0.05) is 60.2 Å². The highest BCUT2D eigenvalue weighted by molar-refractivity contribution is 5.81. The summed E-state index contributed by atoms with van der Waals surface area (Å²) in [4.78, 5) is 26.1. The van der Waals surface area contributed by atoms with Gasteiger partial charge in [-0.2, -0.15) is 0 Å². The van der Waals surface area contributed by atoms with E-state index in [0.29, 0.717) is 17.8 Å². The summed E-state index contributed by atoms with van der Waals surface area (Å²) in [5.41, 5.74) is 3.41. The van der Waals surface area contributed by atoms with E-state index in [1.165, 1.54) is 5.56 Å². The Hall–Kier alpha value is -2.72. The number of nitrogens with one attached hydrogen (secondary N) is 1. The Kier molecular flexibility index (Phi) is 5.64. The highest BCUT2D eigenvalue weighted by Gasteiger charge is 2.21. The lowest BCUT2D eigenvalue weighted by Crippen LogP contribution is -2.36. The second kappa shape index (κ2) is 8.11. The summed E-state index contributed by atoms with van der Waals surface area (Å²) in [6.07, 6.45) is 0.898. The second-order valence-corrected chi connectivity index (χ2v) is 6.78. The molecule has 0 heterocycles. The van der Waals surface area contributed by atoms with Gasteiger partial charge in [-0.25, -0.2) is 0 Å². The maximum atomic E-state index is 11.9. The minimum Gasteiger partial charge on any atom is -0.381 e. The van der Waals surface area contributed by atoms with Crippen molar-refractivity contribution >= 4 is 5.69 Å². The van der Waals surface area contributed by atoms with Gasteiger partial charge < -0.3 is 10.2 Å². The molecule has 0 atom stereocenters. The van der Waals surface area contributed by atoms with E-state index < -0.39 is 10.9 Å². The Labute approximate surface area is 153 Å². The van der Waals surface area contributed by atoms with Crippen LogP contribution in [0.25, 0.3) is 11.1 Å². The predicted octanol–water partition coefficient (Wildman–Crippen LogP) is 3.19. The molecule has 0 aliphatic heterocycles. The van der Waals surface area contributed by atoms with Crippen LogP contribution in [-0.2, 0) is 6.54 Å². The molecule has 0 saturated heterocycles. The summed E-state index contributed by atoms with van der Waals surface area (Å²) < 4.78 is 0. The van der Waals surface area contributed by atoms with Gasteiger partial charge in [0.05, 0.1) is 11.3 Å². The van der Waals surface area contributed by atoms with Crippen molar-refractivity contribution in [1.82, 2.24) is 4.90 Å². The van der Waals surface area contributed by atoms with Crippen molar-refractivity contribution in [2.24, 2.45) is 0 Å². The molecule has 0 aliphatic carbocycles. The monoisotopic (exact) mass is 348 g/mol. The average Bonchev–Trinajstić information content (AvgIpc) is 2.65. The first-order valence-electron chi connectivity index (χ1n) is 8.93. The zero-order valence-corrected chi connectivity index (χ0v) is 15.3. The molecule has 0 fully saturated rings. The number of nitrogens with zero attached hydrogens (tertiary/aromatic N) is 1. The van der Waals surface area contributed by atoms with Gasteiger partial charge in [0.25, 0.3) is 0 Å². The van der Waals surface area contributed by atoms with Crippen molar-refractivity contribution in [3.05, 3.63) is 86.2 Å². The lowest BCUT2D eigenvalue weighted by Gasteiger charge is -2.18. The summed E-state index contributed by atoms with van der Waals surface area (Å²) in [6, 6.07) is 18.0. The fourth-order valence-electron chi connectivity index (χ4n) is 3.09. The molecule has 3 aromatic rings. The first kappa shape index (κ1) is 18.1. The fraction of sp³-hybridized carbons (Fsp3) is 0.273. The van der Waals surface area contributed by atoms with E-state index in [1.54, 1.807) is 0 Å². The summed E-state index contributed by atoms with van der Waals surface area (Å²) in [5, 5.41) is 3.16. The van der Waals surface area contributed by atoms with E-state index in [4.69, 9.17) is 0 Å². The first-order valence-corrected chi connectivity index (χ1v) is 8.93. The molecular formula is C22H24N2O2. The largest absolute Gasteiger partial charge is 0.381 e. The molecule has 26 heavy (non-hydrogen) atoms. The summed E-state index contributed by atoms with van der Waals surface area (Å²) in [7, 11) is 2.09. The molecule has 0 bridgehead atoms. The Morgan fingerprint density at radius 1 is 0.923 bits per heavy atom. The normalized spacial score (nSPS) is 11.2. The van der Waals surface area contributed by atoms with Crippen LogP contribution in [0.1, 0.15) is 17.5 Å². The molecule has 3 rings (SSSR count). The van der Waals surface area contributed by atoms with E-state index in [0.717, 1.165) is 30.6 Å². The van der Waals surface area contributed by atoms with Crippen LogP contribution in [0, 0.1) is 6.92 Å². The minimum atomic E-state index is -0.404. The molecule has 3 aromatic carbocycles. The lowest BCUT2D eigenvalue weighted by molar-refractivity contribution is 0.325. The molecular weight excluding hydrogens is 324 g/mol. The van der Waals surface area contributed by atoms with Crippen LogP contribution in [0.15, 0.2) is 64.2 Å². The molecule has 1 N–H and O–H groups in total. The number of rotatable bonds is 8. The number of hydrogen-bond acceptors (Lipinski definition) is 4. The van der Waals surface area contributed by atoms with Crippen LogP contribution in [0.2, 0.25) is 0 Å². The van der Waals surface area contributed by atoms with Crippen LogP contribution in [0.4, 0.5) is 5.69 Å². The van der Waals surface area contributed by atoms with Gasteiger partial charge in [0.1, 0.15) is 0 Å². The van der Waals surface area contributed by atoms with Crippen molar-refractivity contribution in [2.75, 3.05) is 25.5 Å². The molecule has 0 spiro atoms. The zero-order valence-electron chi connectivity index (χ0n) is 15.3. The predicted molar refractivity (Wildman–Crippen MR) is 107 cm³/mol. The molecule has 0 radical (unpaired) electrons. The Morgan fingerprint density at radius 2 is 1.62 bits per heavy atom. The van der Waals surface area contributed by atoms with E-state index >= 15 is 0 Å². The van der Waals surface area contributed by atoms with Gasteiger partial charge in [0, 0.05) is 13.1 Å². The zero-order chi connectivity index (χ0) is 18.5. The number of anilines is 1. The smallest absolute Gasteiger partial charge is 0.250 e. The number of aryl methyl sites for hydroxylation is 1. The molecule has 4 heteroatoms. The molecule has 0 amide bonds. The quantitative estimate of drug-likeness (QED) is 0.502. The summed E-state index contributed by atoms with van der Waals surface area (Å²) >= 11 is 0. The Bertz CT molecular complexity index is 923. The van der Waals surface area contributed by atoms with E-state index in [-0.39, 0.29) is 0 Å². The number of hydrogen-bond donors (Lipinski definition) is 1. The Balaban J connectivity index is 1.53. The third-order valence-electron chi connectivity index (χ3n) is 4.56. The van der Waals surface area contributed by atoms with Gasteiger partial charge in [0.2, 0.25) is 10.9 Å². The third kappa shape index (κ3) is 4.09. The van der Waals surface area contributed by atoms with Gasteiger partial charge >= 0.3 is 0 Å². The van der Waals surface area contributed by atoms with Crippen LogP contribution in [0.5, 0.6) is 0 Å². The Morgan fingerprint density at radius 3 is 2.31 bits per heavy atom. The molecule has 0 saturated carbocycles.